The first-order valence-electron chi connectivity index (χ1n) is 15.4. The second kappa shape index (κ2) is 13.5. The SMILES string of the molecule is Cc1nc(C)c(C(OC(C)(C)C)C(=O)O)c(N2CCC(C)(C)CC2)c1-c1ccc(C(=O)NCC(=O)Cc2ccc(F)cc2)cc1. The second-order valence-corrected chi connectivity index (χ2v) is 13.6. The predicted octanol–water partition coefficient (Wildman–Crippen LogP) is 6.61. The summed E-state index contributed by atoms with van der Waals surface area (Å²) in [4.78, 5) is 45.1. The fourth-order valence-corrected chi connectivity index (χ4v) is 5.72. The normalized spacial score (nSPS) is 15.4. The van der Waals surface area contributed by atoms with Gasteiger partial charge in [-0.25, -0.2) is 9.18 Å². The summed E-state index contributed by atoms with van der Waals surface area (Å²) >= 11 is 0. The van der Waals surface area contributed by atoms with Crippen molar-refractivity contribution in [3.63, 3.8) is 0 Å². The molecule has 1 amide bonds. The van der Waals surface area contributed by atoms with Gasteiger partial charge in [-0.2, -0.15) is 0 Å². The highest BCUT2D eigenvalue weighted by Gasteiger charge is 2.36. The van der Waals surface area contributed by atoms with Crippen molar-refractivity contribution in [1.29, 1.82) is 0 Å². The number of benzene rings is 2. The molecule has 1 aliphatic rings. The Morgan fingerprint density at radius 1 is 1.00 bits per heavy atom. The van der Waals surface area contributed by atoms with Gasteiger partial charge in [-0.1, -0.05) is 38.1 Å². The number of ketones is 1. The van der Waals surface area contributed by atoms with Crippen LogP contribution in [0, 0.1) is 25.1 Å². The zero-order valence-electron chi connectivity index (χ0n) is 27.3. The van der Waals surface area contributed by atoms with Crippen molar-refractivity contribution in [1.82, 2.24) is 10.3 Å². The average Bonchev–Trinajstić information content (AvgIpc) is 2.95. The number of carbonyl (C=O) groups is 3. The Morgan fingerprint density at radius 3 is 2.16 bits per heavy atom. The lowest BCUT2D eigenvalue weighted by molar-refractivity contribution is -0.160. The Bertz CT molecular complexity index is 1550. The molecule has 8 nitrogen and oxygen atoms in total. The molecule has 0 aliphatic carbocycles. The number of aliphatic carboxylic acids is 1. The van der Waals surface area contributed by atoms with Crippen molar-refractivity contribution in [2.45, 2.75) is 79.4 Å². The summed E-state index contributed by atoms with van der Waals surface area (Å²) in [5.74, 6) is -2.04. The maximum Gasteiger partial charge on any atom is 0.337 e. The summed E-state index contributed by atoms with van der Waals surface area (Å²) in [6.45, 7) is 15.1. The number of nitrogens with zero attached hydrogens (tertiary/aromatic N) is 2. The van der Waals surface area contributed by atoms with Crippen LogP contribution in [0.25, 0.3) is 11.1 Å². The van der Waals surface area contributed by atoms with Crippen molar-refractivity contribution in [3.8, 4) is 11.1 Å². The van der Waals surface area contributed by atoms with Crippen LogP contribution in [0.5, 0.6) is 0 Å². The zero-order chi connectivity index (χ0) is 33.1. The van der Waals surface area contributed by atoms with Crippen LogP contribution in [-0.2, 0) is 20.7 Å². The van der Waals surface area contributed by atoms with Crippen molar-refractivity contribution >= 4 is 23.3 Å². The third kappa shape index (κ3) is 8.54. The molecule has 1 aromatic heterocycles. The van der Waals surface area contributed by atoms with Gasteiger partial charge < -0.3 is 20.1 Å². The lowest BCUT2D eigenvalue weighted by atomic mass is 9.81. The molecule has 9 heteroatoms. The highest BCUT2D eigenvalue weighted by atomic mass is 19.1. The number of carboxylic acids is 1. The number of aryl methyl sites for hydroxylation is 2. The number of nitrogens with one attached hydrogen (secondary N) is 1. The van der Waals surface area contributed by atoms with Crippen LogP contribution in [0.2, 0.25) is 0 Å². The molecule has 1 aliphatic heterocycles. The van der Waals surface area contributed by atoms with Gasteiger partial charge in [0.25, 0.3) is 5.91 Å². The van der Waals surface area contributed by atoms with Gasteiger partial charge in [-0.05, 0) is 88.3 Å². The van der Waals surface area contributed by atoms with Crippen LogP contribution in [0.4, 0.5) is 10.1 Å². The van der Waals surface area contributed by atoms with Crippen LogP contribution in [0.3, 0.4) is 0 Å². The molecule has 45 heavy (non-hydrogen) atoms. The van der Waals surface area contributed by atoms with Gasteiger partial charge >= 0.3 is 5.97 Å². The van der Waals surface area contributed by atoms with E-state index in [0.717, 1.165) is 48.4 Å². The number of carbonyl (C=O) groups excluding carboxylic acids is 2. The number of ether oxygens (including phenoxy) is 1. The van der Waals surface area contributed by atoms with Crippen molar-refractivity contribution < 1.29 is 28.6 Å². The number of hydrogen-bond donors (Lipinski definition) is 2. The fraction of sp³-hybridized carbons (Fsp3) is 0.444. The summed E-state index contributed by atoms with van der Waals surface area (Å²) < 4.78 is 19.3. The number of piperidine rings is 1. The summed E-state index contributed by atoms with van der Waals surface area (Å²) in [7, 11) is 0. The Labute approximate surface area is 265 Å². The molecule has 0 bridgehead atoms. The van der Waals surface area contributed by atoms with Crippen LogP contribution in [0.15, 0.2) is 48.5 Å². The minimum Gasteiger partial charge on any atom is -0.479 e. The minimum atomic E-state index is -1.22. The number of halogens is 1. The van der Waals surface area contributed by atoms with Gasteiger partial charge in [0, 0.05) is 47.6 Å². The summed E-state index contributed by atoms with van der Waals surface area (Å²) in [5, 5.41) is 13.0. The first kappa shape index (κ1) is 33.8. The van der Waals surface area contributed by atoms with Crippen LogP contribution in [-0.4, -0.2) is 53.0 Å². The maximum atomic E-state index is 13.2. The van der Waals surface area contributed by atoms with E-state index in [-0.39, 0.29) is 30.0 Å². The first-order valence-corrected chi connectivity index (χ1v) is 15.4. The topological polar surface area (TPSA) is 109 Å². The molecule has 1 saturated heterocycles. The number of rotatable bonds is 10. The third-order valence-electron chi connectivity index (χ3n) is 8.17. The molecule has 1 atom stereocenters. The molecule has 1 fully saturated rings. The van der Waals surface area contributed by atoms with E-state index in [0.29, 0.717) is 22.4 Å². The monoisotopic (exact) mass is 617 g/mol. The zero-order valence-corrected chi connectivity index (χ0v) is 27.3. The van der Waals surface area contributed by atoms with Crippen LogP contribution >= 0.6 is 0 Å². The molecule has 0 radical (unpaired) electrons. The molecule has 240 valence electrons. The molecule has 2 heterocycles. The van der Waals surface area contributed by atoms with Gasteiger partial charge in [0.15, 0.2) is 11.9 Å². The molecular formula is C36H44FN3O5. The van der Waals surface area contributed by atoms with Gasteiger partial charge in [0.05, 0.1) is 17.8 Å². The van der Waals surface area contributed by atoms with Gasteiger partial charge in [-0.15, -0.1) is 0 Å². The van der Waals surface area contributed by atoms with E-state index in [9.17, 15) is 23.9 Å². The smallest absolute Gasteiger partial charge is 0.337 e. The van der Waals surface area contributed by atoms with E-state index in [1.54, 1.807) is 24.3 Å². The molecule has 4 rings (SSSR count). The van der Waals surface area contributed by atoms with E-state index in [2.05, 4.69) is 24.1 Å². The van der Waals surface area contributed by atoms with E-state index >= 15 is 0 Å². The number of anilines is 1. The highest BCUT2D eigenvalue weighted by molar-refractivity contribution is 5.98. The average molecular weight is 618 g/mol. The third-order valence-corrected chi connectivity index (χ3v) is 8.17. The molecule has 2 aromatic carbocycles. The second-order valence-electron chi connectivity index (χ2n) is 13.6. The molecular weight excluding hydrogens is 573 g/mol. The fourth-order valence-electron chi connectivity index (χ4n) is 5.72. The van der Waals surface area contributed by atoms with Crippen molar-refractivity contribution in [3.05, 3.63) is 82.4 Å². The first-order chi connectivity index (χ1) is 21.0. The molecule has 0 spiro atoms. The summed E-state index contributed by atoms with van der Waals surface area (Å²) in [5.41, 5.74) is 4.82. The van der Waals surface area contributed by atoms with E-state index in [1.165, 1.54) is 12.1 Å². The summed E-state index contributed by atoms with van der Waals surface area (Å²) in [6, 6.07) is 12.7. The van der Waals surface area contributed by atoms with E-state index < -0.39 is 23.6 Å². The minimum absolute atomic E-state index is 0.0915. The molecule has 1 unspecified atom stereocenters. The quantitative estimate of drug-likeness (QED) is 0.263. The molecule has 0 saturated carbocycles. The predicted molar refractivity (Wildman–Crippen MR) is 173 cm³/mol. The van der Waals surface area contributed by atoms with E-state index in [4.69, 9.17) is 9.72 Å². The standard InChI is InChI=1S/C36H44FN3O5/c1-22-29(25-10-12-26(13-11-25)33(42)38-21-28(41)20-24-8-14-27(37)15-9-24)31(40-18-16-36(6,7)17-19-40)30(23(2)39-22)32(34(43)44)45-35(3,4)5/h8-15,32H,16-21H2,1-7H3,(H,38,42)(H,43,44). The molecule has 2 N–H and O–H groups in total. The Kier molecular flexibility index (Phi) is 10.1. The number of Topliss-reactive ketones (excluding diaryl/α,β-unsaturated/α-hetero) is 1. The largest absolute Gasteiger partial charge is 0.479 e. The Balaban J connectivity index is 1.66. The highest BCUT2D eigenvalue weighted by Crippen LogP contribution is 2.44. The van der Waals surface area contributed by atoms with Crippen LogP contribution < -0.4 is 10.2 Å². The lowest BCUT2D eigenvalue weighted by Gasteiger charge is -2.41. The molecule has 3 aromatic rings. The summed E-state index contributed by atoms with van der Waals surface area (Å²) in [6.07, 6.45) is 0.764. The van der Waals surface area contributed by atoms with Gasteiger partial charge in [0.2, 0.25) is 0 Å². The van der Waals surface area contributed by atoms with Crippen molar-refractivity contribution in [2.24, 2.45) is 5.41 Å². The number of amides is 1. The number of pyridine rings is 1. The number of hydrogen-bond acceptors (Lipinski definition) is 6. The Hall–Kier alpha value is -4.11. The maximum absolute atomic E-state index is 13.2. The van der Waals surface area contributed by atoms with Crippen molar-refractivity contribution in [2.75, 3.05) is 24.5 Å². The van der Waals surface area contributed by atoms with Crippen LogP contribution in [0.1, 0.15) is 86.4 Å². The number of aromatic nitrogens is 1. The van der Waals surface area contributed by atoms with E-state index in [1.807, 2.05) is 46.8 Å². The lowest BCUT2D eigenvalue weighted by Crippen LogP contribution is -2.39. The van der Waals surface area contributed by atoms with Gasteiger partial charge in [-0.3, -0.25) is 14.6 Å². The number of carboxylic acid groups (broad SMARTS) is 1. The Morgan fingerprint density at radius 2 is 1.60 bits per heavy atom. The van der Waals surface area contributed by atoms with Gasteiger partial charge in [0.1, 0.15) is 5.82 Å².